The van der Waals surface area contributed by atoms with Gasteiger partial charge in [-0.15, -0.1) is 0 Å². The molecule has 0 fully saturated rings. The molecule has 0 amide bonds. The van der Waals surface area contributed by atoms with E-state index in [4.69, 9.17) is 4.42 Å². The fraction of sp³-hybridized carbons (Fsp3) is 0.0833. The van der Waals surface area contributed by atoms with Crippen molar-refractivity contribution in [3.63, 3.8) is 0 Å². The van der Waals surface area contributed by atoms with Crippen molar-refractivity contribution >= 4 is 11.1 Å². The molecule has 0 aliphatic carbocycles. The quantitative estimate of drug-likeness (QED) is 0.689. The molecule has 5 heteroatoms. The van der Waals surface area contributed by atoms with E-state index in [2.05, 4.69) is 15.2 Å². The van der Waals surface area contributed by atoms with Crippen LogP contribution in [-0.4, -0.2) is 15.2 Å². The Morgan fingerprint density at radius 1 is 1.29 bits per heavy atom. The second-order valence-corrected chi connectivity index (χ2v) is 3.79. The van der Waals surface area contributed by atoms with Crippen molar-refractivity contribution in [2.45, 2.75) is 6.92 Å². The van der Waals surface area contributed by atoms with Crippen LogP contribution >= 0.6 is 0 Å². The molecule has 3 rings (SSSR count). The smallest absolute Gasteiger partial charge is 0.408 e. The van der Waals surface area contributed by atoms with Crippen molar-refractivity contribution in [1.82, 2.24) is 15.2 Å². The molecule has 1 N–H and O–H groups in total. The maximum absolute atomic E-state index is 11.1. The van der Waals surface area contributed by atoms with E-state index in [1.54, 1.807) is 18.3 Å². The Kier molecular flexibility index (Phi) is 2.04. The number of benzene rings is 1. The number of rotatable bonds is 1. The summed E-state index contributed by atoms with van der Waals surface area (Å²) < 4.78 is 5.01. The van der Waals surface area contributed by atoms with E-state index in [0.29, 0.717) is 11.1 Å². The highest BCUT2D eigenvalue weighted by atomic mass is 16.4. The zero-order valence-corrected chi connectivity index (χ0v) is 9.10. The molecule has 0 aliphatic rings. The molecular weight excluding hydrogens is 218 g/mol. The lowest BCUT2D eigenvalue weighted by atomic mass is 10.1. The largest absolute Gasteiger partial charge is 0.417 e. The molecule has 0 saturated heterocycles. The van der Waals surface area contributed by atoms with Crippen molar-refractivity contribution in [3.8, 4) is 11.3 Å². The van der Waals surface area contributed by atoms with Gasteiger partial charge in [0.05, 0.1) is 11.2 Å². The highest BCUT2D eigenvalue weighted by Gasteiger charge is 2.07. The Labute approximate surface area is 96.1 Å². The lowest BCUT2D eigenvalue weighted by Gasteiger charge is -2.02. The van der Waals surface area contributed by atoms with Gasteiger partial charge in [0, 0.05) is 11.8 Å². The first-order valence-corrected chi connectivity index (χ1v) is 5.15. The van der Waals surface area contributed by atoms with E-state index >= 15 is 0 Å². The maximum atomic E-state index is 11.1. The van der Waals surface area contributed by atoms with Gasteiger partial charge < -0.3 is 4.42 Å². The minimum absolute atomic E-state index is 0.451. The summed E-state index contributed by atoms with van der Waals surface area (Å²) in [5.74, 6) is -0.451. The topological polar surface area (TPSA) is 71.8 Å². The second kappa shape index (κ2) is 3.55. The van der Waals surface area contributed by atoms with Crippen molar-refractivity contribution < 1.29 is 4.42 Å². The first-order valence-electron chi connectivity index (χ1n) is 5.15. The van der Waals surface area contributed by atoms with Gasteiger partial charge in [0.2, 0.25) is 0 Å². The van der Waals surface area contributed by atoms with Crippen LogP contribution in [0.1, 0.15) is 5.56 Å². The zero-order chi connectivity index (χ0) is 11.8. The van der Waals surface area contributed by atoms with E-state index in [1.807, 2.05) is 19.1 Å². The molecule has 0 radical (unpaired) electrons. The molecule has 3 aromatic rings. The molecule has 2 aromatic heterocycles. The molecule has 0 aliphatic heterocycles. The normalized spacial score (nSPS) is 10.9. The molecule has 0 spiro atoms. The van der Waals surface area contributed by atoms with Crippen LogP contribution in [0.5, 0.6) is 0 Å². The third kappa shape index (κ3) is 1.61. The molecule has 0 unspecified atom stereocenters. The number of nitrogens with zero attached hydrogens (tertiary/aromatic N) is 2. The van der Waals surface area contributed by atoms with Gasteiger partial charge >= 0.3 is 5.76 Å². The van der Waals surface area contributed by atoms with Gasteiger partial charge in [-0.1, -0.05) is 6.07 Å². The number of aryl methyl sites for hydroxylation is 1. The lowest BCUT2D eigenvalue weighted by Crippen LogP contribution is -1.92. The number of oxazole rings is 1. The van der Waals surface area contributed by atoms with Crippen molar-refractivity contribution in [3.05, 3.63) is 46.6 Å². The van der Waals surface area contributed by atoms with Crippen molar-refractivity contribution in [1.29, 1.82) is 0 Å². The van der Waals surface area contributed by atoms with Crippen LogP contribution in [0.15, 0.2) is 39.7 Å². The molecule has 5 nitrogen and oxygen atoms in total. The molecule has 2 heterocycles. The van der Waals surface area contributed by atoms with Gasteiger partial charge in [-0.3, -0.25) is 4.98 Å². The van der Waals surface area contributed by atoms with Gasteiger partial charge in [-0.25, -0.2) is 4.79 Å². The van der Waals surface area contributed by atoms with Crippen LogP contribution in [0.4, 0.5) is 0 Å². The number of nitrogens with one attached hydrogen (secondary N) is 1. The molecule has 17 heavy (non-hydrogen) atoms. The summed E-state index contributed by atoms with van der Waals surface area (Å²) in [4.78, 5) is 13.6. The minimum Gasteiger partial charge on any atom is -0.408 e. The van der Waals surface area contributed by atoms with E-state index < -0.39 is 5.76 Å². The van der Waals surface area contributed by atoms with Gasteiger partial charge in [0.25, 0.3) is 0 Å². The van der Waals surface area contributed by atoms with E-state index in [0.717, 1.165) is 16.8 Å². The Hall–Kier alpha value is -2.43. The van der Waals surface area contributed by atoms with E-state index in [-0.39, 0.29) is 0 Å². The SMILES string of the molecule is Cc1ccnnc1-c1ccc2[nH]c(=O)oc2c1. The summed E-state index contributed by atoms with van der Waals surface area (Å²) in [5.41, 5.74) is 3.90. The molecule has 84 valence electrons. The first-order chi connectivity index (χ1) is 8.24. The predicted molar refractivity (Wildman–Crippen MR) is 62.6 cm³/mol. The third-order valence-corrected chi connectivity index (χ3v) is 2.62. The van der Waals surface area contributed by atoms with Crippen LogP contribution in [-0.2, 0) is 0 Å². The van der Waals surface area contributed by atoms with Crippen LogP contribution in [0.2, 0.25) is 0 Å². The first kappa shape index (κ1) is 9.77. The maximum Gasteiger partial charge on any atom is 0.417 e. The molecule has 0 atom stereocenters. The summed E-state index contributed by atoms with van der Waals surface area (Å²) in [6, 6.07) is 7.35. The fourth-order valence-electron chi connectivity index (χ4n) is 1.77. The van der Waals surface area contributed by atoms with Crippen molar-refractivity contribution in [2.24, 2.45) is 0 Å². The monoisotopic (exact) mass is 227 g/mol. The average molecular weight is 227 g/mol. The Balaban J connectivity index is 2.24. The van der Waals surface area contributed by atoms with Gasteiger partial charge in [0.15, 0.2) is 5.58 Å². The average Bonchev–Trinajstić information content (AvgIpc) is 2.68. The van der Waals surface area contributed by atoms with Crippen LogP contribution in [0, 0.1) is 6.92 Å². The summed E-state index contributed by atoms with van der Waals surface area (Å²) >= 11 is 0. The zero-order valence-electron chi connectivity index (χ0n) is 9.10. The predicted octanol–water partition coefficient (Wildman–Crippen LogP) is 1.89. The number of fused-ring (bicyclic) bond motifs is 1. The lowest BCUT2D eigenvalue weighted by molar-refractivity contribution is 0.555. The van der Waals surface area contributed by atoms with Gasteiger partial charge in [-0.2, -0.15) is 10.2 Å². The van der Waals surface area contributed by atoms with Crippen LogP contribution < -0.4 is 5.76 Å². The van der Waals surface area contributed by atoms with E-state index in [1.165, 1.54) is 0 Å². The standard InChI is InChI=1S/C12H9N3O2/c1-7-4-5-13-15-11(7)8-2-3-9-10(6-8)17-12(16)14-9/h2-6H,1H3,(H,14,16). The number of hydrogen-bond acceptors (Lipinski definition) is 4. The highest BCUT2D eigenvalue weighted by Crippen LogP contribution is 2.23. The Morgan fingerprint density at radius 3 is 3.00 bits per heavy atom. The molecule has 0 saturated carbocycles. The van der Waals surface area contributed by atoms with Gasteiger partial charge in [-0.05, 0) is 30.7 Å². The summed E-state index contributed by atoms with van der Waals surface area (Å²) in [7, 11) is 0. The number of hydrogen-bond donors (Lipinski definition) is 1. The Bertz CT molecular complexity index is 743. The van der Waals surface area contributed by atoms with Crippen LogP contribution in [0.25, 0.3) is 22.4 Å². The summed E-state index contributed by atoms with van der Waals surface area (Å²) in [5, 5.41) is 7.94. The van der Waals surface area contributed by atoms with Crippen molar-refractivity contribution in [2.75, 3.05) is 0 Å². The third-order valence-electron chi connectivity index (χ3n) is 2.62. The number of aromatic nitrogens is 3. The highest BCUT2D eigenvalue weighted by molar-refractivity contribution is 5.79. The number of H-pyrrole nitrogens is 1. The second-order valence-electron chi connectivity index (χ2n) is 3.79. The molecule has 0 bridgehead atoms. The fourth-order valence-corrected chi connectivity index (χ4v) is 1.77. The number of aromatic amines is 1. The molecule has 1 aromatic carbocycles. The minimum atomic E-state index is -0.451. The van der Waals surface area contributed by atoms with E-state index in [9.17, 15) is 4.79 Å². The summed E-state index contributed by atoms with van der Waals surface area (Å²) in [6.45, 7) is 1.96. The molecular formula is C12H9N3O2. The van der Waals surface area contributed by atoms with Crippen LogP contribution in [0.3, 0.4) is 0 Å². The summed E-state index contributed by atoms with van der Waals surface area (Å²) in [6.07, 6.45) is 1.65. The Morgan fingerprint density at radius 2 is 2.18 bits per heavy atom. The van der Waals surface area contributed by atoms with Gasteiger partial charge in [0.1, 0.15) is 0 Å².